The van der Waals surface area contributed by atoms with Crippen molar-refractivity contribution in [3.63, 3.8) is 0 Å². The van der Waals surface area contributed by atoms with Crippen molar-refractivity contribution >= 4 is 45.7 Å². The van der Waals surface area contributed by atoms with Crippen LogP contribution in [0.5, 0.6) is 0 Å². The Morgan fingerprint density at radius 3 is 2.67 bits per heavy atom. The zero-order chi connectivity index (χ0) is 19.8. The Morgan fingerprint density at radius 1 is 1.26 bits per heavy atom. The molecule has 0 saturated carbocycles. The number of amides is 4. The van der Waals surface area contributed by atoms with Gasteiger partial charge in [0.15, 0.2) is 5.25 Å². The van der Waals surface area contributed by atoms with Gasteiger partial charge in [-0.1, -0.05) is 6.42 Å². The lowest BCUT2D eigenvalue weighted by Crippen LogP contribution is -2.37. The molecule has 3 saturated heterocycles. The van der Waals surface area contributed by atoms with E-state index in [2.05, 4.69) is 15.5 Å². The largest absolute Gasteiger partial charge is 0.333 e. The Kier molecular flexibility index (Phi) is 5.63. The SMILES string of the molecule is O=C1N[C@@H]2[C@H](CS[C@H]2CCCCC(=O)ON2C(=O)C[C@@H](S(=O)(=O)O)C2=O)N1. The van der Waals surface area contributed by atoms with E-state index in [4.69, 9.17) is 4.55 Å². The van der Waals surface area contributed by atoms with E-state index in [-0.39, 0.29) is 34.8 Å². The molecule has 3 N–H and O–H groups in total. The molecule has 3 aliphatic heterocycles. The Hall–Kier alpha value is -1.86. The number of carbonyl (C=O) groups is 4. The molecule has 0 bridgehead atoms. The summed E-state index contributed by atoms with van der Waals surface area (Å²) in [5, 5.41) is 4.15. The number of rotatable bonds is 7. The maximum Gasteiger partial charge on any atom is 0.333 e. The van der Waals surface area contributed by atoms with Gasteiger partial charge in [0.25, 0.3) is 21.9 Å². The summed E-state index contributed by atoms with van der Waals surface area (Å²) in [6.45, 7) is 0. The van der Waals surface area contributed by atoms with Crippen molar-refractivity contribution in [2.24, 2.45) is 0 Å². The normalized spacial score (nSPS) is 30.3. The van der Waals surface area contributed by atoms with Gasteiger partial charge in [0, 0.05) is 17.4 Å². The van der Waals surface area contributed by atoms with Crippen LogP contribution in [0.25, 0.3) is 0 Å². The molecule has 0 radical (unpaired) electrons. The highest BCUT2D eigenvalue weighted by Gasteiger charge is 2.48. The zero-order valence-corrected chi connectivity index (χ0v) is 15.8. The predicted molar refractivity (Wildman–Crippen MR) is 91.9 cm³/mol. The third-order valence-electron chi connectivity index (χ3n) is 4.67. The first-order valence-corrected chi connectivity index (χ1v) is 10.9. The van der Waals surface area contributed by atoms with Gasteiger partial charge in [-0.15, -0.1) is 5.06 Å². The molecular formula is C14H19N3O8S2. The third kappa shape index (κ3) is 4.35. The summed E-state index contributed by atoms with van der Waals surface area (Å²) in [5.41, 5.74) is 0. The molecule has 0 spiro atoms. The Bertz CT molecular complexity index is 770. The highest BCUT2D eigenvalue weighted by atomic mass is 32.2. The van der Waals surface area contributed by atoms with E-state index in [0.29, 0.717) is 12.8 Å². The maximum absolute atomic E-state index is 11.8. The first-order valence-electron chi connectivity index (χ1n) is 8.39. The number of hydroxylamine groups is 2. The molecule has 3 rings (SSSR count). The van der Waals surface area contributed by atoms with Gasteiger partial charge in [-0.2, -0.15) is 20.2 Å². The van der Waals surface area contributed by atoms with Gasteiger partial charge >= 0.3 is 12.0 Å². The summed E-state index contributed by atoms with van der Waals surface area (Å²) in [5.74, 6) is -2.26. The van der Waals surface area contributed by atoms with Crippen LogP contribution in [0.4, 0.5) is 4.79 Å². The van der Waals surface area contributed by atoms with E-state index >= 15 is 0 Å². The maximum atomic E-state index is 11.8. The minimum atomic E-state index is -4.74. The minimum absolute atomic E-state index is 0.0519. The van der Waals surface area contributed by atoms with Crippen LogP contribution in [0, 0.1) is 0 Å². The summed E-state index contributed by atoms with van der Waals surface area (Å²) in [4.78, 5) is 51.2. The van der Waals surface area contributed by atoms with Crippen LogP contribution in [0.2, 0.25) is 0 Å². The van der Waals surface area contributed by atoms with Gasteiger partial charge < -0.3 is 15.5 Å². The molecule has 3 aliphatic rings. The Balaban J connectivity index is 1.40. The summed E-state index contributed by atoms with van der Waals surface area (Å²) in [7, 11) is -4.74. The molecule has 13 heteroatoms. The van der Waals surface area contributed by atoms with Crippen molar-refractivity contribution in [3.8, 4) is 0 Å². The van der Waals surface area contributed by atoms with Crippen LogP contribution in [0.15, 0.2) is 0 Å². The molecule has 0 aromatic rings. The lowest BCUT2D eigenvalue weighted by atomic mass is 10.0. The van der Waals surface area contributed by atoms with E-state index in [1.807, 2.05) is 0 Å². The van der Waals surface area contributed by atoms with Crippen LogP contribution >= 0.6 is 11.8 Å². The van der Waals surface area contributed by atoms with Crippen molar-refractivity contribution in [1.82, 2.24) is 15.7 Å². The van der Waals surface area contributed by atoms with Gasteiger partial charge in [0.2, 0.25) is 0 Å². The summed E-state index contributed by atoms with van der Waals surface area (Å²) >= 11 is 1.75. The number of nitrogens with one attached hydrogen (secondary N) is 2. The van der Waals surface area contributed by atoms with Crippen molar-refractivity contribution in [2.45, 2.75) is 54.7 Å². The second-order valence-corrected chi connectivity index (χ2v) is 9.44. The van der Waals surface area contributed by atoms with Gasteiger partial charge in [-0.05, 0) is 12.8 Å². The third-order valence-corrected chi connectivity index (χ3v) is 7.27. The number of fused-ring (bicyclic) bond motifs is 1. The van der Waals surface area contributed by atoms with Crippen LogP contribution in [-0.2, 0) is 29.3 Å². The molecule has 150 valence electrons. The van der Waals surface area contributed by atoms with Crippen molar-refractivity contribution in [2.75, 3.05) is 5.75 Å². The summed E-state index contributed by atoms with van der Waals surface area (Å²) in [6, 6.07) is 0.0362. The molecule has 0 aliphatic carbocycles. The number of unbranched alkanes of at least 4 members (excludes halogenated alkanes) is 1. The number of urea groups is 1. The molecule has 4 atom stereocenters. The number of carbonyl (C=O) groups excluding carboxylic acids is 4. The highest BCUT2D eigenvalue weighted by molar-refractivity contribution is 8.00. The van der Waals surface area contributed by atoms with Crippen molar-refractivity contribution in [1.29, 1.82) is 0 Å². The molecule has 27 heavy (non-hydrogen) atoms. The summed E-state index contributed by atoms with van der Waals surface area (Å²) < 4.78 is 31.0. The number of hydrogen-bond acceptors (Lipinski definition) is 8. The van der Waals surface area contributed by atoms with E-state index in [0.717, 1.165) is 12.2 Å². The second kappa shape index (κ2) is 7.64. The molecule has 3 fully saturated rings. The number of thioether (sulfide) groups is 1. The monoisotopic (exact) mass is 421 g/mol. The molecule has 3 heterocycles. The number of nitrogens with zero attached hydrogens (tertiary/aromatic N) is 1. The summed E-state index contributed by atoms with van der Waals surface area (Å²) in [6.07, 6.45) is 1.11. The van der Waals surface area contributed by atoms with E-state index in [9.17, 15) is 27.6 Å². The van der Waals surface area contributed by atoms with Gasteiger partial charge in [0.05, 0.1) is 18.5 Å². The molecular weight excluding hydrogens is 402 g/mol. The van der Waals surface area contributed by atoms with E-state index < -0.39 is 39.6 Å². The lowest BCUT2D eigenvalue weighted by molar-refractivity contribution is -0.197. The minimum Gasteiger partial charge on any atom is -0.332 e. The van der Waals surface area contributed by atoms with Crippen molar-refractivity contribution in [3.05, 3.63) is 0 Å². The predicted octanol–water partition coefficient (Wildman–Crippen LogP) is -0.814. The van der Waals surface area contributed by atoms with Crippen molar-refractivity contribution < 1.29 is 37.0 Å². The second-order valence-electron chi connectivity index (χ2n) is 6.57. The van der Waals surface area contributed by atoms with Crippen LogP contribution in [0.1, 0.15) is 32.1 Å². The fraction of sp³-hybridized carbons (Fsp3) is 0.714. The highest BCUT2D eigenvalue weighted by Crippen LogP contribution is 2.33. The molecule has 0 aromatic heterocycles. The first kappa shape index (κ1) is 19.9. The number of imide groups is 1. The van der Waals surface area contributed by atoms with Crippen LogP contribution in [-0.4, -0.2) is 70.2 Å². The molecule has 11 nitrogen and oxygen atoms in total. The molecule has 0 unspecified atom stereocenters. The van der Waals surface area contributed by atoms with E-state index in [1.54, 1.807) is 11.8 Å². The Morgan fingerprint density at radius 2 is 2.00 bits per heavy atom. The van der Waals surface area contributed by atoms with Crippen LogP contribution < -0.4 is 10.6 Å². The Labute approximate surface area is 159 Å². The standard InChI is InChI=1S/C14H19N3O8S2/c18-10-5-9(27(22,23)24)13(20)17(10)25-11(19)4-2-1-3-8-12-7(6-26-8)15-14(21)16-12/h7-9,12H,1-6H2,(H2,15,16,21)(H,22,23,24)/t7-,8-,9+,12+/m0/s1. The fourth-order valence-electron chi connectivity index (χ4n) is 3.32. The zero-order valence-electron chi connectivity index (χ0n) is 14.1. The molecule has 0 aromatic carbocycles. The average Bonchev–Trinajstić information content (AvgIpc) is 3.19. The van der Waals surface area contributed by atoms with E-state index in [1.165, 1.54) is 0 Å². The lowest BCUT2D eigenvalue weighted by Gasteiger charge is -2.16. The number of hydrogen-bond donors (Lipinski definition) is 3. The topological polar surface area (TPSA) is 159 Å². The van der Waals surface area contributed by atoms with Gasteiger partial charge in [-0.3, -0.25) is 14.1 Å². The fourth-order valence-corrected chi connectivity index (χ4v) is 5.56. The van der Waals surface area contributed by atoms with Crippen LogP contribution in [0.3, 0.4) is 0 Å². The molecule has 4 amide bonds. The smallest absolute Gasteiger partial charge is 0.332 e. The average molecular weight is 421 g/mol. The first-order chi connectivity index (χ1) is 12.7. The van der Waals surface area contributed by atoms with Gasteiger partial charge in [0.1, 0.15) is 0 Å². The quantitative estimate of drug-likeness (QED) is 0.207. The van der Waals surface area contributed by atoms with Gasteiger partial charge in [-0.25, -0.2) is 9.59 Å².